The quantitative estimate of drug-likeness (QED) is 0.126. The van der Waals surface area contributed by atoms with Crippen LogP contribution in [0.3, 0.4) is 0 Å². The molecule has 292 valence electrons. The Morgan fingerprint density at radius 2 is 1.33 bits per heavy atom. The van der Waals surface area contributed by atoms with E-state index >= 15 is 0 Å². The highest BCUT2D eigenvalue weighted by atomic mass is 16.5. The van der Waals surface area contributed by atoms with E-state index in [-0.39, 0.29) is 41.7 Å². The zero-order valence-corrected chi connectivity index (χ0v) is 32.4. The molecule has 4 amide bonds. The first-order valence-electron chi connectivity index (χ1n) is 19.1. The number of aromatic nitrogens is 4. The van der Waals surface area contributed by atoms with E-state index < -0.39 is 18.2 Å². The van der Waals surface area contributed by atoms with E-state index in [2.05, 4.69) is 74.2 Å². The Hall–Kier alpha value is -5.66. The first kappa shape index (κ1) is 39.0. The third-order valence-electron chi connectivity index (χ3n) is 10.7. The van der Waals surface area contributed by atoms with Crippen molar-refractivity contribution >= 4 is 24.0 Å². The number of H-pyrrole nitrogens is 2. The Bertz CT molecular complexity index is 1950. The van der Waals surface area contributed by atoms with Crippen LogP contribution in [0.2, 0.25) is 0 Å². The summed E-state index contributed by atoms with van der Waals surface area (Å²) < 4.78 is 9.61. The van der Waals surface area contributed by atoms with Gasteiger partial charge in [0.25, 0.3) is 0 Å². The van der Waals surface area contributed by atoms with Gasteiger partial charge in [-0.3, -0.25) is 15.0 Å². The van der Waals surface area contributed by atoms with Gasteiger partial charge in [0, 0.05) is 18.4 Å². The highest BCUT2D eigenvalue weighted by Crippen LogP contribution is 2.38. The van der Waals surface area contributed by atoms with E-state index in [1.54, 1.807) is 11.1 Å². The lowest BCUT2D eigenvalue weighted by atomic mass is 9.78. The van der Waals surface area contributed by atoms with E-state index in [9.17, 15) is 19.2 Å². The van der Waals surface area contributed by atoms with Crippen LogP contribution >= 0.6 is 0 Å². The van der Waals surface area contributed by atoms with Crippen LogP contribution in [-0.4, -0.2) is 86.7 Å². The molecule has 1 saturated carbocycles. The summed E-state index contributed by atoms with van der Waals surface area (Å²) in [7, 11) is 2.59. The van der Waals surface area contributed by atoms with Gasteiger partial charge >= 0.3 is 12.2 Å². The van der Waals surface area contributed by atoms with Crippen molar-refractivity contribution in [2.24, 2.45) is 11.8 Å². The van der Waals surface area contributed by atoms with Crippen molar-refractivity contribution in [3.05, 3.63) is 72.6 Å². The number of benzene rings is 2. The number of alkyl carbamates (subject to hydrolysis) is 1. The van der Waals surface area contributed by atoms with Crippen LogP contribution in [0, 0.1) is 11.8 Å². The van der Waals surface area contributed by atoms with Crippen molar-refractivity contribution in [3.63, 3.8) is 0 Å². The fourth-order valence-corrected chi connectivity index (χ4v) is 7.66. The van der Waals surface area contributed by atoms with Crippen molar-refractivity contribution in [1.82, 2.24) is 40.6 Å². The van der Waals surface area contributed by atoms with Crippen LogP contribution in [0.15, 0.2) is 60.9 Å². The summed E-state index contributed by atoms with van der Waals surface area (Å²) in [5.74, 6) is 0.632. The molecule has 6 rings (SSSR count). The van der Waals surface area contributed by atoms with Gasteiger partial charge in [-0.25, -0.2) is 24.6 Å². The molecule has 4 N–H and O–H groups in total. The Morgan fingerprint density at radius 3 is 1.89 bits per heavy atom. The summed E-state index contributed by atoms with van der Waals surface area (Å²) in [4.78, 5) is 69.2. The summed E-state index contributed by atoms with van der Waals surface area (Å²) >= 11 is 0. The van der Waals surface area contributed by atoms with Crippen LogP contribution in [0.5, 0.6) is 0 Å². The number of nitrogens with zero attached hydrogens (tertiary/aromatic N) is 4. The molecule has 2 aliphatic rings. The molecule has 14 nitrogen and oxygen atoms in total. The third kappa shape index (κ3) is 8.68. The van der Waals surface area contributed by atoms with E-state index in [1.807, 2.05) is 33.9 Å². The molecule has 0 bridgehead atoms. The Morgan fingerprint density at radius 1 is 0.764 bits per heavy atom. The van der Waals surface area contributed by atoms with Gasteiger partial charge in [-0.2, -0.15) is 0 Å². The number of methoxy groups -OCH3 is 2. The lowest BCUT2D eigenvalue weighted by Crippen LogP contribution is -2.52. The molecule has 3 unspecified atom stereocenters. The number of aromatic amines is 2. The minimum absolute atomic E-state index is 0.0925. The number of likely N-dealkylation sites (tertiary alicyclic amines) is 1. The van der Waals surface area contributed by atoms with Crippen molar-refractivity contribution in [3.8, 4) is 33.6 Å². The highest BCUT2D eigenvalue weighted by Gasteiger charge is 2.38. The van der Waals surface area contributed by atoms with Crippen molar-refractivity contribution in [2.75, 3.05) is 20.8 Å². The van der Waals surface area contributed by atoms with Gasteiger partial charge in [0.05, 0.1) is 50.1 Å². The molecule has 4 atom stereocenters. The maximum Gasteiger partial charge on any atom is 0.428 e. The first-order chi connectivity index (χ1) is 26.5. The second-order valence-corrected chi connectivity index (χ2v) is 15.0. The molecule has 14 heteroatoms. The average molecular weight is 753 g/mol. The van der Waals surface area contributed by atoms with Crippen molar-refractivity contribution in [2.45, 2.75) is 90.3 Å². The summed E-state index contributed by atoms with van der Waals surface area (Å²) in [5, 5.41) is 3.93. The number of hydrogen-bond donors (Lipinski definition) is 4. The van der Waals surface area contributed by atoms with E-state index in [0.717, 1.165) is 77.4 Å². The van der Waals surface area contributed by atoms with Gasteiger partial charge in [0.1, 0.15) is 17.7 Å². The second-order valence-electron chi connectivity index (χ2n) is 15.0. The zero-order chi connectivity index (χ0) is 39.2. The fraction of sp³-hybridized carbons (Fsp3) is 0.463. The Kier molecular flexibility index (Phi) is 12.2. The van der Waals surface area contributed by atoms with Gasteiger partial charge in [-0.1, -0.05) is 75.2 Å². The highest BCUT2D eigenvalue weighted by molar-refractivity contribution is 5.86. The number of carbonyl (C=O) groups excluding carboxylic acids is 4. The number of nitrogens with one attached hydrogen (secondary N) is 4. The summed E-state index contributed by atoms with van der Waals surface area (Å²) in [6.45, 7) is 8.03. The molecule has 3 heterocycles. The number of amides is 4. The monoisotopic (exact) mass is 752 g/mol. The van der Waals surface area contributed by atoms with Crippen LogP contribution in [0.25, 0.3) is 33.6 Å². The largest absolute Gasteiger partial charge is 0.453 e. The molecule has 1 aliphatic heterocycles. The fourth-order valence-electron chi connectivity index (χ4n) is 7.66. The molecule has 2 aromatic carbocycles. The second kappa shape index (κ2) is 17.2. The van der Waals surface area contributed by atoms with Crippen LogP contribution in [0.1, 0.15) is 89.8 Å². The number of ether oxygens (including phenoxy) is 2. The topological polar surface area (TPSA) is 175 Å². The molecule has 0 spiro atoms. The molecule has 1 aliphatic carbocycles. The molecule has 1 saturated heterocycles. The maximum absolute atomic E-state index is 13.5. The van der Waals surface area contributed by atoms with Crippen LogP contribution in [0.4, 0.5) is 9.59 Å². The van der Waals surface area contributed by atoms with Gasteiger partial charge in [-0.05, 0) is 67.7 Å². The number of rotatable bonds is 10. The Labute approximate surface area is 321 Å². The lowest BCUT2D eigenvalue weighted by Gasteiger charge is -2.32. The van der Waals surface area contributed by atoms with Gasteiger partial charge in [0.15, 0.2) is 0 Å². The number of hydrazine groups is 1. The third-order valence-corrected chi connectivity index (χ3v) is 10.7. The van der Waals surface area contributed by atoms with E-state index in [0.29, 0.717) is 13.0 Å². The van der Waals surface area contributed by atoms with Crippen LogP contribution < -0.4 is 10.7 Å². The number of hydrogen-bond acceptors (Lipinski definition) is 8. The molecule has 55 heavy (non-hydrogen) atoms. The van der Waals surface area contributed by atoms with E-state index in [1.165, 1.54) is 19.2 Å². The molecular weight excluding hydrogens is 701 g/mol. The van der Waals surface area contributed by atoms with Gasteiger partial charge < -0.3 is 29.7 Å². The molecule has 0 radical (unpaired) electrons. The standard InChI is InChI=1S/C41H52N8O6/c1-24(2)35(46-40(52)54-5)39(51)48-21-9-12-34(48)37-43-23-33(45-37)29-19-15-27(16-20-29)26-13-17-28(18-14-26)32-22-42-36(44-32)30-10-7-8-11-31(30)38(50)47-49(25(3)4)41(53)55-6/h13-20,22-25,30-31,34-35H,7-12,21H2,1-6H3,(H,42,44)(H,43,45)(H,46,52)(H,47,50)/t30-,31?,34?,35?/m1/s1. The Balaban J connectivity index is 1.11. The molecule has 2 aromatic heterocycles. The predicted molar refractivity (Wildman–Crippen MR) is 207 cm³/mol. The van der Waals surface area contributed by atoms with Crippen molar-refractivity contribution in [1.29, 1.82) is 0 Å². The number of carbonyl (C=O) groups is 4. The minimum atomic E-state index is -0.687. The SMILES string of the molecule is COC(=O)NC(C(=O)N1CCCC1c1ncc(-c2ccc(-c3ccc(-c4cnc([C@@H]5CCCCC5C(=O)NN(C(=O)OC)C(C)C)[nH]4)cc3)cc2)[nH]1)C(C)C. The first-order valence-corrected chi connectivity index (χ1v) is 19.1. The molecular formula is C41H52N8O6. The average Bonchev–Trinajstić information content (AvgIpc) is 4.00. The lowest BCUT2D eigenvalue weighted by molar-refractivity contribution is -0.135. The molecule has 4 aromatic rings. The zero-order valence-electron chi connectivity index (χ0n) is 32.4. The predicted octanol–water partition coefficient (Wildman–Crippen LogP) is 6.96. The smallest absolute Gasteiger partial charge is 0.428 e. The van der Waals surface area contributed by atoms with E-state index in [4.69, 9.17) is 14.5 Å². The number of imidazole rings is 2. The normalized spacial score (nSPS) is 18.9. The van der Waals surface area contributed by atoms with Gasteiger partial charge in [-0.15, -0.1) is 0 Å². The van der Waals surface area contributed by atoms with Gasteiger partial charge in [0.2, 0.25) is 11.8 Å². The summed E-state index contributed by atoms with van der Waals surface area (Å²) in [5.41, 5.74) is 8.60. The van der Waals surface area contributed by atoms with Crippen LogP contribution in [-0.2, 0) is 19.1 Å². The summed E-state index contributed by atoms with van der Waals surface area (Å²) in [6, 6.07) is 15.4. The minimum Gasteiger partial charge on any atom is -0.453 e. The maximum atomic E-state index is 13.5. The molecule has 2 fully saturated rings. The summed E-state index contributed by atoms with van der Waals surface area (Å²) in [6.07, 6.45) is 7.51. The van der Waals surface area contributed by atoms with Crippen molar-refractivity contribution < 1.29 is 28.7 Å².